The minimum Gasteiger partial charge on any atom is -0.287 e. The van der Waals surface area contributed by atoms with Gasteiger partial charge in [0.1, 0.15) is 5.82 Å². The van der Waals surface area contributed by atoms with Crippen LogP contribution < -0.4 is 0 Å². The van der Waals surface area contributed by atoms with Gasteiger partial charge in [0.2, 0.25) is 0 Å². The SMILES string of the molecule is CC(C#N)N(C)Cc1cc(Cl)ccc1F. The fourth-order valence-corrected chi connectivity index (χ4v) is 1.36. The van der Waals surface area contributed by atoms with E-state index in [4.69, 9.17) is 16.9 Å². The van der Waals surface area contributed by atoms with E-state index in [0.717, 1.165) is 0 Å². The van der Waals surface area contributed by atoms with Crippen molar-refractivity contribution in [3.63, 3.8) is 0 Å². The maximum absolute atomic E-state index is 13.3. The van der Waals surface area contributed by atoms with Crippen molar-refractivity contribution < 1.29 is 4.39 Å². The number of nitriles is 1. The maximum Gasteiger partial charge on any atom is 0.127 e. The summed E-state index contributed by atoms with van der Waals surface area (Å²) in [6, 6.07) is 6.27. The summed E-state index contributed by atoms with van der Waals surface area (Å²) in [5.41, 5.74) is 0.507. The molecule has 0 aromatic heterocycles. The van der Waals surface area contributed by atoms with E-state index >= 15 is 0 Å². The lowest BCUT2D eigenvalue weighted by molar-refractivity contribution is 0.290. The highest BCUT2D eigenvalue weighted by atomic mass is 35.5. The van der Waals surface area contributed by atoms with Crippen LogP contribution in [-0.2, 0) is 6.54 Å². The molecule has 2 nitrogen and oxygen atoms in total. The van der Waals surface area contributed by atoms with Gasteiger partial charge in [0.15, 0.2) is 0 Å². The van der Waals surface area contributed by atoms with E-state index < -0.39 is 0 Å². The van der Waals surface area contributed by atoms with Crippen LogP contribution in [0, 0.1) is 17.1 Å². The van der Waals surface area contributed by atoms with Crippen molar-refractivity contribution >= 4 is 11.6 Å². The Kier molecular flexibility index (Phi) is 4.07. The summed E-state index contributed by atoms with van der Waals surface area (Å²) in [6.45, 7) is 2.14. The number of nitrogens with zero attached hydrogens (tertiary/aromatic N) is 2. The molecule has 15 heavy (non-hydrogen) atoms. The molecule has 0 spiro atoms. The number of benzene rings is 1. The van der Waals surface area contributed by atoms with E-state index in [9.17, 15) is 4.39 Å². The molecule has 1 atom stereocenters. The van der Waals surface area contributed by atoms with Gasteiger partial charge in [-0.25, -0.2) is 4.39 Å². The molecule has 0 saturated heterocycles. The van der Waals surface area contributed by atoms with Crippen LogP contribution in [0.1, 0.15) is 12.5 Å². The summed E-state index contributed by atoms with van der Waals surface area (Å²) in [5.74, 6) is -0.295. The predicted octanol–water partition coefficient (Wildman–Crippen LogP) is 2.82. The molecular weight excluding hydrogens is 215 g/mol. The molecule has 80 valence electrons. The Labute approximate surface area is 93.9 Å². The zero-order valence-electron chi connectivity index (χ0n) is 8.67. The smallest absolute Gasteiger partial charge is 0.127 e. The van der Waals surface area contributed by atoms with Gasteiger partial charge in [-0.1, -0.05) is 11.6 Å². The van der Waals surface area contributed by atoms with Crippen molar-refractivity contribution in [2.75, 3.05) is 7.05 Å². The first kappa shape index (κ1) is 12.0. The van der Waals surface area contributed by atoms with Crippen LogP contribution in [0.5, 0.6) is 0 Å². The quantitative estimate of drug-likeness (QED) is 0.793. The van der Waals surface area contributed by atoms with E-state index in [-0.39, 0.29) is 11.9 Å². The van der Waals surface area contributed by atoms with Crippen LogP contribution in [0.25, 0.3) is 0 Å². The van der Waals surface area contributed by atoms with Crippen molar-refractivity contribution in [1.29, 1.82) is 5.26 Å². The highest BCUT2D eigenvalue weighted by molar-refractivity contribution is 6.30. The van der Waals surface area contributed by atoms with Crippen molar-refractivity contribution in [2.45, 2.75) is 19.5 Å². The second kappa shape index (κ2) is 5.11. The predicted molar refractivity (Wildman–Crippen MR) is 58.0 cm³/mol. The Hall–Kier alpha value is -1.11. The minimum absolute atomic E-state index is 0.247. The van der Waals surface area contributed by atoms with Gasteiger partial charge >= 0.3 is 0 Å². The normalized spacial score (nSPS) is 12.5. The Bertz CT molecular complexity index is 387. The summed E-state index contributed by atoms with van der Waals surface area (Å²) < 4.78 is 13.3. The third-order valence-corrected chi connectivity index (χ3v) is 2.51. The summed E-state index contributed by atoms with van der Waals surface area (Å²) in [6.07, 6.45) is 0. The fraction of sp³-hybridized carbons (Fsp3) is 0.364. The first-order valence-electron chi connectivity index (χ1n) is 4.58. The van der Waals surface area contributed by atoms with Crippen LogP contribution >= 0.6 is 11.6 Å². The highest BCUT2D eigenvalue weighted by Crippen LogP contribution is 2.16. The third-order valence-electron chi connectivity index (χ3n) is 2.28. The molecule has 0 amide bonds. The summed E-state index contributed by atoms with van der Waals surface area (Å²) in [7, 11) is 1.77. The van der Waals surface area contributed by atoms with Gasteiger partial charge in [0, 0.05) is 17.1 Å². The monoisotopic (exact) mass is 226 g/mol. The molecule has 1 aromatic rings. The van der Waals surface area contributed by atoms with Crippen LogP contribution in [0.15, 0.2) is 18.2 Å². The summed E-state index contributed by atoms with van der Waals surface area (Å²) in [4.78, 5) is 1.76. The third kappa shape index (κ3) is 3.19. The molecule has 0 heterocycles. The van der Waals surface area contributed by atoms with Gasteiger partial charge in [-0.3, -0.25) is 4.90 Å². The molecule has 0 bridgehead atoms. The number of rotatable bonds is 3. The van der Waals surface area contributed by atoms with E-state index in [0.29, 0.717) is 17.1 Å². The number of hydrogen-bond donors (Lipinski definition) is 0. The van der Waals surface area contributed by atoms with Crippen LogP contribution in [0.2, 0.25) is 5.02 Å². The minimum atomic E-state index is -0.295. The number of hydrogen-bond acceptors (Lipinski definition) is 2. The molecule has 0 radical (unpaired) electrons. The van der Waals surface area contributed by atoms with Crippen molar-refractivity contribution in [3.8, 4) is 6.07 Å². The van der Waals surface area contributed by atoms with Gasteiger partial charge in [0.25, 0.3) is 0 Å². The zero-order valence-corrected chi connectivity index (χ0v) is 9.42. The standard InChI is InChI=1S/C11H12ClFN2/c1-8(6-14)15(2)7-9-5-10(12)3-4-11(9)13/h3-5,8H,7H2,1-2H3. The lowest BCUT2D eigenvalue weighted by Crippen LogP contribution is -2.27. The summed E-state index contributed by atoms with van der Waals surface area (Å²) >= 11 is 5.76. The molecule has 1 unspecified atom stereocenters. The van der Waals surface area contributed by atoms with Crippen LogP contribution in [-0.4, -0.2) is 18.0 Å². The van der Waals surface area contributed by atoms with Crippen LogP contribution in [0.4, 0.5) is 4.39 Å². The van der Waals surface area contributed by atoms with Gasteiger partial charge in [-0.15, -0.1) is 0 Å². The zero-order chi connectivity index (χ0) is 11.4. The van der Waals surface area contributed by atoms with Gasteiger partial charge in [-0.05, 0) is 32.2 Å². The van der Waals surface area contributed by atoms with Crippen LogP contribution in [0.3, 0.4) is 0 Å². The lowest BCUT2D eigenvalue weighted by Gasteiger charge is -2.19. The molecule has 0 aliphatic rings. The number of halogens is 2. The van der Waals surface area contributed by atoms with E-state index in [1.54, 1.807) is 24.9 Å². The van der Waals surface area contributed by atoms with E-state index in [1.807, 2.05) is 0 Å². The molecule has 0 aliphatic heterocycles. The largest absolute Gasteiger partial charge is 0.287 e. The Morgan fingerprint density at radius 3 is 2.87 bits per heavy atom. The highest BCUT2D eigenvalue weighted by Gasteiger charge is 2.11. The Balaban J connectivity index is 2.81. The molecule has 0 N–H and O–H groups in total. The van der Waals surface area contributed by atoms with Crippen molar-refractivity contribution in [2.24, 2.45) is 0 Å². The molecular formula is C11H12ClFN2. The molecule has 0 fully saturated rings. The molecule has 0 aliphatic carbocycles. The average Bonchev–Trinajstić information content (AvgIpc) is 2.22. The van der Waals surface area contributed by atoms with E-state index in [1.165, 1.54) is 12.1 Å². The average molecular weight is 227 g/mol. The van der Waals surface area contributed by atoms with Crippen molar-refractivity contribution in [1.82, 2.24) is 4.90 Å². The second-order valence-electron chi connectivity index (χ2n) is 3.46. The topological polar surface area (TPSA) is 27.0 Å². The Morgan fingerprint density at radius 1 is 1.60 bits per heavy atom. The molecule has 1 rings (SSSR count). The lowest BCUT2D eigenvalue weighted by atomic mass is 10.2. The Morgan fingerprint density at radius 2 is 2.27 bits per heavy atom. The van der Waals surface area contributed by atoms with Gasteiger partial charge < -0.3 is 0 Å². The van der Waals surface area contributed by atoms with Crippen molar-refractivity contribution in [3.05, 3.63) is 34.6 Å². The van der Waals surface area contributed by atoms with Gasteiger partial charge in [-0.2, -0.15) is 5.26 Å². The molecule has 0 saturated carbocycles. The molecule has 4 heteroatoms. The first-order valence-corrected chi connectivity index (χ1v) is 4.96. The van der Waals surface area contributed by atoms with E-state index in [2.05, 4.69) is 6.07 Å². The van der Waals surface area contributed by atoms with Gasteiger partial charge in [0.05, 0.1) is 12.1 Å². The maximum atomic E-state index is 13.3. The first-order chi connectivity index (χ1) is 7.04. The second-order valence-corrected chi connectivity index (χ2v) is 3.89. The summed E-state index contributed by atoms with van der Waals surface area (Å²) in [5, 5.41) is 9.20. The fourth-order valence-electron chi connectivity index (χ4n) is 1.17. The molecule has 1 aromatic carbocycles.